The first-order valence-electron chi connectivity index (χ1n) is 8.63. The van der Waals surface area contributed by atoms with Crippen LogP contribution in [0.1, 0.15) is 32.7 Å². The molecule has 1 N–H and O–H groups in total. The van der Waals surface area contributed by atoms with Crippen molar-refractivity contribution in [3.8, 4) is 0 Å². The molecule has 1 aliphatic heterocycles. The van der Waals surface area contributed by atoms with Gasteiger partial charge in [0.1, 0.15) is 5.82 Å². The van der Waals surface area contributed by atoms with Crippen molar-refractivity contribution in [1.29, 1.82) is 0 Å². The number of hydrogen-bond donors (Lipinski definition) is 1. The van der Waals surface area contributed by atoms with Crippen LogP contribution in [0.2, 0.25) is 0 Å². The molecule has 0 aliphatic carbocycles. The zero-order valence-corrected chi connectivity index (χ0v) is 14.4. The number of carbonyl (C=O) groups excluding carboxylic acids is 1. The van der Waals surface area contributed by atoms with Crippen LogP contribution < -0.4 is 0 Å². The van der Waals surface area contributed by atoms with E-state index in [2.05, 4.69) is 4.90 Å². The maximum atomic E-state index is 13.9. The fraction of sp³-hybridized carbons (Fsp3) is 0.300. The Morgan fingerprint density at radius 3 is 2.58 bits per heavy atom. The first-order valence-corrected chi connectivity index (χ1v) is 8.63. The van der Waals surface area contributed by atoms with Crippen LogP contribution in [0, 0.1) is 5.82 Å². The minimum Gasteiger partial charge on any atom is -0.478 e. The lowest BCUT2D eigenvalue weighted by atomic mass is 10.1. The monoisotopic (exact) mass is 356 g/mol. The molecule has 1 aliphatic rings. The highest BCUT2D eigenvalue weighted by Gasteiger charge is 2.22. The summed E-state index contributed by atoms with van der Waals surface area (Å²) in [6.45, 7) is 3.20. The summed E-state index contributed by atoms with van der Waals surface area (Å²) in [5, 5.41) is 9.10. The third kappa shape index (κ3) is 4.26. The molecular formula is C20H21FN2O3. The average Bonchev–Trinajstić information content (AvgIpc) is 2.87. The van der Waals surface area contributed by atoms with Crippen LogP contribution in [0.4, 0.5) is 4.39 Å². The van der Waals surface area contributed by atoms with Gasteiger partial charge in [0.25, 0.3) is 5.91 Å². The summed E-state index contributed by atoms with van der Waals surface area (Å²) in [5.74, 6) is -1.72. The highest BCUT2D eigenvalue weighted by atomic mass is 19.1. The third-order valence-electron chi connectivity index (χ3n) is 4.56. The Balaban J connectivity index is 1.63. The van der Waals surface area contributed by atoms with E-state index in [-0.39, 0.29) is 17.0 Å². The number of carboxylic acid groups (broad SMARTS) is 1. The Kier molecular flexibility index (Phi) is 5.63. The van der Waals surface area contributed by atoms with Gasteiger partial charge in [-0.3, -0.25) is 9.69 Å². The number of nitrogens with zero attached hydrogens (tertiary/aromatic N) is 2. The van der Waals surface area contributed by atoms with Crippen molar-refractivity contribution in [2.24, 2.45) is 0 Å². The van der Waals surface area contributed by atoms with Crippen LogP contribution in [0.3, 0.4) is 0 Å². The molecule has 2 aromatic rings. The van der Waals surface area contributed by atoms with Gasteiger partial charge in [-0.25, -0.2) is 9.18 Å². The van der Waals surface area contributed by atoms with Gasteiger partial charge >= 0.3 is 5.97 Å². The average molecular weight is 356 g/mol. The van der Waals surface area contributed by atoms with Crippen molar-refractivity contribution >= 4 is 11.9 Å². The van der Waals surface area contributed by atoms with Gasteiger partial charge in [0.15, 0.2) is 0 Å². The highest BCUT2D eigenvalue weighted by Crippen LogP contribution is 2.15. The van der Waals surface area contributed by atoms with Gasteiger partial charge in [-0.2, -0.15) is 0 Å². The summed E-state index contributed by atoms with van der Waals surface area (Å²) in [6, 6.07) is 12.9. The van der Waals surface area contributed by atoms with E-state index >= 15 is 0 Å². The Morgan fingerprint density at radius 1 is 1.00 bits per heavy atom. The largest absolute Gasteiger partial charge is 0.478 e. The van der Waals surface area contributed by atoms with Crippen molar-refractivity contribution in [2.75, 3.05) is 26.2 Å². The van der Waals surface area contributed by atoms with Crippen LogP contribution in [0.25, 0.3) is 0 Å². The molecule has 1 saturated heterocycles. The standard InChI is InChI=1S/C20H21FN2O3/c21-18-8-2-1-7-17(18)19(24)23-10-4-9-22(11-12-23)14-15-5-3-6-16(13-15)20(25)26/h1-3,5-8,13H,4,9-12,14H2,(H,25,26). The molecule has 0 unspecified atom stereocenters. The smallest absolute Gasteiger partial charge is 0.335 e. The molecule has 1 amide bonds. The fourth-order valence-electron chi connectivity index (χ4n) is 3.20. The molecule has 5 nitrogen and oxygen atoms in total. The molecule has 136 valence electrons. The topological polar surface area (TPSA) is 60.9 Å². The Morgan fingerprint density at radius 2 is 1.81 bits per heavy atom. The normalized spacial score (nSPS) is 15.5. The van der Waals surface area contributed by atoms with Crippen molar-refractivity contribution in [1.82, 2.24) is 9.80 Å². The molecule has 0 radical (unpaired) electrons. The zero-order valence-electron chi connectivity index (χ0n) is 14.4. The number of aromatic carboxylic acids is 1. The summed E-state index contributed by atoms with van der Waals surface area (Å²) < 4.78 is 13.9. The van der Waals surface area contributed by atoms with Crippen LogP contribution in [-0.4, -0.2) is 53.0 Å². The highest BCUT2D eigenvalue weighted by molar-refractivity contribution is 5.94. The predicted octanol–water partition coefficient (Wildman–Crippen LogP) is 2.87. The molecule has 6 heteroatoms. The molecule has 0 bridgehead atoms. The number of halogens is 1. The van der Waals surface area contributed by atoms with Gasteiger partial charge in [0.2, 0.25) is 0 Å². The van der Waals surface area contributed by atoms with Gasteiger partial charge in [-0.1, -0.05) is 24.3 Å². The van der Waals surface area contributed by atoms with Gasteiger partial charge < -0.3 is 10.0 Å². The third-order valence-corrected chi connectivity index (χ3v) is 4.56. The summed E-state index contributed by atoms with van der Waals surface area (Å²) in [6.07, 6.45) is 0.790. The first kappa shape index (κ1) is 18.1. The lowest BCUT2D eigenvalue weighted by Gasteiger charge is -2.22. The number of carbonyl (C=O) groups is 2. The van der Waals surface area contributed by atoms with Crippen LogP contribution in [0.5, 0.6) is 0 Å². The van der Waals surface area contributed by atoms with E-state index in [9.17, 15) is 14.0 Å². The molecular weight excluding hydrogens is 335 g/mol. The van der Waals surface area contributed by atoms with Gasteiger partial charge in [-0.15, -0.1) is 0 Å². The van der Waals surface area contributed by atoms with Crippen LogP contribution >= 0.6 is 0 Å². The molecule has 1 fully saturated rings. The lowest BCUT2D eigenvalue weighted by Crippen LogP contribution is -2.35. The molecule has 0 saturated carbocycles. The molecule has 26 heavy (non-hydrogen) atoms. The second-order valence-corrected chi connectivity index (χ2v) is 6.41. The SMILES string of the molecule is O=C(O)c1cccc(CN2CCCN(C(=O)c3ccccc3F)CC2)c1. The molecule has 1 heterocycles. The molecule has 0 atom stereocenters. The quantitative estimate of drug-likeness (QED) is 0.915. The van der Waals surface area contributed by atoms with Crippen molar-refractivity contribution in [2.45, 2.75) is 13.0 Å². The Bertz CT molecular complexity index is 809. The van der Waals surface area contributed by atoms with Crippen molar-refractivity contribution < 1.29 is 19.1 Å². The Labute approximate surface area is 151 Å². The predicted molar refractivity (Wildman–Crippen MR) is 95.6 cm³/mol. The number of carboxylic acids is 1. The molecule has 0 spiro atoms. The first-order chi connectivity index (χ1) is 12.5. The van der Waals surface area contributed by atoms with E-state index in [1.807, 2.05) is 6.07 Å². The van der Waals surface area contributed by atoms with Crippen LogP contribution in [0.15, 0.2) is 48.5 Å². The van der Waals surface area contributed by atoms with E-state index in [4.69, 9.17) is 5.11 Å². The summed E-state index contributed by atoms with van der Waals surface area (Å²) in [4.78, 5) is 27.5. The van der Waals surface area contributed by atoms with E-state index in [1.165, 1.54) is 12.1 Å². The summed E-state index contributed by atoms with van der Waals surface area (Å²) in [7, 11) is 0. The van der Waals surface area contributed by atoms with Gasteiger partial charge in [0, 0.05) is 32.7 Å². The van der Waals surface area contributed by atoms with Crippen LogP contribution in [-0.2, 0) is 6.54 Å². The Hall–Kier alpha value is -2.73. The summed E-state index contributed by atoms with van der Waals surface area (Å²) >= 11 is 0. The molecule has 0 aromatic heterocycles. The van der Waals surface area contributed by atoms with E-state index < -0.39 is 11.8 Å². The number of amides is 1. The minimum absolute atomic E-state index is 0.107. The van der Waals surface area contributed by atoms with Gasteiger partial charge in [-0.05, 0) is 36.2 Å². The van der Waals surface area contributed by atoms with E-state index in [0.29, 0.717) is 26.2 Å². The maximum absolute atomic E-state index is 13.9. The van der Waals surface area contributed by atoms with Crippen molar-refractivity contribution in [3.05, 3.63) is 71.0 Å². The number of rotatable bonds is 4. The lowest BCUT2D eigenvalue weighted by molar-refractivity contribution is 0.0695. The molecule has 3 rings (SSSR count). The summed E-state index contributed by atoms with van der Waals surface area (Å²) in [5.41, 5.74) is 1.31. The molecule has 2 aromatic carbocycles. The van der Waals surface area contributed by atoms with E-state index in [0.717, 1.165) is 18.5 Å². The zero-order chi connectivity index (χ0) is 18.5. The second-order valence-electron chi connectivity index (χ2n) is 6.41. The second kappa shape index (κ2) is 8.10. The van der Waals surface area contributed by atoms with Gasteiger partial charge in [0.05, 0.1) is 11.1 Å². The van der Waals surface area contributed by atoms with Crippen molar-refractivity contribution in [3.63, 3.8) is 0 Å². The number of hydrogen-bond acceptors (Lipinski definition) is 3. The number of benzene rings is 2. The minimum atomic E-state index is -0.940. The fourth-order valence-corrected chi connectivity index (χ4v) is 3.20. The maximum Gasteiger partial charge on any atom is 0.335 e. The van der Waals surface area contributed by atoms with E-state index in [1.54, 1.807) is 35.2 Å².